The van der Waals surface area contributed by atoms with E-state index in [1.54, 1.807) is 25.4 Å². The van der Waals surface area contributed by atoms with E-state index in [0.29, 0.717) is 11.6 Å². The first-order valence-corrected chi connectivity index (χ1v) is 10.4. The number of carbonyl (C=O) groups is 1. The smallest absolute Gasteiger partial charge is 0.267 e. The Bertz CT molecular complexity index is 1040. The third-order valence-corrected chi connectivity index (χ3v) is 5.80. The van der Waals surface area contributed by atoms with Crippen molar-refractivity contribution >= 4 is 5.91 Å². The highest BCUT2D eigenvalue weighted by Crippen LogP contribution is 2.23. The number of hydrogen-bond acceptors (Lipinski definition) is 4. The lowest BCUT2D eigenvalue weighted by atomic mass is 9.90. The highest BCUT2D eigenvalue weighted by atomic mass is 16.2. The van der Waals surface area contributed by atoms with Crippen molar-refractivity contribution in [3.8, 4) is 11.3 Å². The molecule has 0 saturated carbocycles. The lowest BCUT2D eigenvalue weighted by Gasteiger charge is -2.33. The number of rotatable bonds is 5. The highest BCUT2D eigenvalue weighted by Gasteiger charge is 2.28. The van der Waals surface area contributed by atoms with Crippen LogP contribution < -0.4 is 5.56 Å². The predicted molar refractivity (Wildman–Crippen MR) is 116 cm³/mol. The van der Waals surface area contributed by atoms with Crippen LogP contribution in [0, 0.1) is 5.92 Å². The van der Waals surface area contributed by atoms with Crippen molar-refractivity contribution in [2.75, 3.05) is 13.1 Å². The van der Waals surface area contributed by atoms with Crippen LogP contribution in [-0.4, -0.2) is 38.7 Å². The van der Waals surface area contributed by atoms with Crippen molar-refractivity contribution in [2.24, 2.45) is 5.92 Å². The summed E-state index contributed by atoms with van der Waals surface area (Å²) in [5.41, 5.74) is 2.51. The molecule has 6 heteroatoms. The van der Waals surface area contributed by atoms with Crippen molar-refractivity contribution in [1.29, 1.82) is 0 Å². The Balaban J connectivity index is 1.42. The lowest BCUT2D eigenvalue weighted by Crippen LogP contribution is -2.44. The maximum Gasteiger partial charge on any atom is 0.267 e. The summed E-state index contributed by atoms with van der Waals surface area (Å²) in [4.78, 5) is 31.5. The molecule has 3 aromatic rings. The molecule has 0 bridgehead atoms. The number of pyridine rings is 1. The van der Waals surface area contributed by atoms with E-state index in [9.17, 15) is 9.59 Å². The molecule has 1 aliphatic heterocycles. The molecule has 0 aliphatic carbocycles. The monoisotopic (exact) mass is 402 g/mol. The summed E-state index contributed by atoms with van der Waals surface area (Å²) >= 11 is 0. The largest absolute Gasteiger partial charge is 0.341 e. The molecule has 30 heavy (non-hydrogen) atoms. The number of aromatic nitrogens is 3. The fourth-order valence-corrected chi connectivity index (χ4v) is 4.04. The van der Waals surface area contributed by atoms with Gasteiger partial charge in [-0.05, 0) is 55.9 Å². The number of carbonyl (C=O) groups excluding carboxylic acids is 1. The van der Waals surface area contributed by atoms with Crippen molar-refractivity contribution < 1.29 is 4.79 Å². The number of amides is 1. The minimum absolute atomic E-state index is 0.0499. The highest BCUT2D eigenvalue weighted by molar-refractivity contribution is 5.80. The fourth-order valence-electron chi connectivity index (χ4n) is 4.04. The van der Waals surface area contributed by atoms with Crippen molar-refractivity contribution in [3.63, 3.8) is 0 Å². The molecular formula is C24H26N4O2. The second kappa shape index (κ2) is 9.03. The summed E-state index contributed by atoms with van der Waals surface area (Å²) < 4.78 is 1.29. The topological polar surface area (TPSA) is 68.1 Å². The SMILES string of the molecule is CC(C(=O)N1CCC(Cc2ccccc2)CC1)n1nc(-c2cccnc2)ccc1=O. The van der Waals surface area contributed by atoms with E-state index in [-0.39, 0.29) is 11.5 Å². The van der Waals surface area contributed by atoms with Gasteiger partial charge in [0.25, 0.3) is 5.56 Å². The molecule has 1 unspecified atom stereocenters. The summed E-state index contributed by atoms with van der Waals surface area (Å²) in [6.45, 7) is 3.19. The summed E-state index contributed by atoms with van der Waals surface area (Å²) in [7, 11) is 0. The maximum atomic E-state index is 13.1. The fraction of sp³-hybridized carbons (Fsp3) is 0.333. The summed E-state index contributed by atoms with van der Waals surface area (Å²) in [6.07, 6.45) is 6.39. The van der Waals surface area contributed by atoms with Gasteiger partial charge in [-0.3, -0.25) is 14.6 Å². The average molecular weight is 402 g/mol. The lowest BCUT2D eigenvalue weighted by molar-refractivity contribution is -0.136. The third kappa shape index (κ3) is 4.48. The maximum absolute atomic E-state index is 13.1. The Hall–Kier alpha value is -3.28. The van der Waals surface area contributed by atoms with E-state index in [2.05, 4.69) is 34.3 Å². The number of benzene rings is 1. The molecule has 1 fully saturated rings. The molecule has 0 spiro atoms. The van der Waals surface area contributed by atoms with E-state index in [0.717, 1.165) is 37.9 Å². The van der Waals surface area contributed by atoms with Crippen LogP contribution in [-0.2, 0) is 11.2 Å². The predicted octanol–water partition coefficient (Wildman–Crippen LogP) is 3.35. The molecule has 1 atom stereocenters. The normalized spacial score (nSPS) is 15.7. The van der Waals surface area contributed by atoms with Crippen LogP contribution in [0.3, 0.4) is 0 Å². The molecule has 3 heterocycles. The summed E-state index contributed by atoms with van der Waals surface area (Å²) in [5.74, 6) is 0.535. The molecular weight excluding hydrogens is 376 g/mol. The second-order valence-corrected chi connectivity index (χ2v) is 7.88. The molecule has 1 aromatic carbocycles. The molecule has 0 N–H and O–H groups in total. The Labute approximate surface area is 176 Å². The first-order chi connectivity index (χ1) is 14.6. The van der Waals surface area contributed by atoms with Gasteiger partial charge in [0.2, 0.25) is 5.91 Å². The van der Waals surface area contributed by atoms with Crippen molar-refractivity contribution in [1.82, 2.24) is 19.7 Å². The Kier molecular flexibility index (Phi) is 6.02. The van der Waals surface area contributed by atoms with Crippen molar-refractivity contribution in [3.05, 3.63) is 82.9 Å². The molecule has 1 aliphatic rings. The molecule has 154 valence electrons. The number of likely N-dealkylation sites (tertiary alicyclic amines) is 1. The van der Waals surface area contributed by atoms with Crippen LogP contribution in [0.2, 0.25) is 0 Å². The molecule has 0 radical (unpaired) electrons. The van der Waals surface area contributed by atoms with Gasteiger partial charge in [0.05, 0.1) is 5.69 Å². The number of hydrogen-bond donors (Lipinski definition) is 0. The van der Waals surface area contributed by atoms with Crippen LogP contribution in [0.4, 0.5) is 0 Å². The van der Waals surface area contributed by atoms with Crippen molar-refractivity contribution in [2.45, 2.75) is 32.2 Å². The van der Waals surface area contributed by atoms with Gasteiger partial charge < -0.3 is 4.90 Å². The van der Waals surface area contributed by atoms with Gasteiger partial charge in [0.1, 0.15) is 6.04 Å². The molecule has 2 aromatic heterocycles. The van der Waals surface area contributed by atoms with Gasteiger partial charge in [-0.2, -0.15) is 5.10 Å². The van der Waals surface area contributed by atoms with Crippen LogP contribution in [0.1, 0.15) is 31.4 Å². The van der Waals surface area contributed by atoms with Crippen LogP contribution in [0.15, 0.2) is 71.8 Å². The van der Waals surface area contributed by atoms with Gasteiger partial charge in [-0.1, -0.05) is 30.3 Å². The summed E-state index contributed by atoms with van der Waals surface area (Å²) in [5, 5.41) is 4.45. The minimum Gasteiger partial charge on any atom is -0.341 e. The average Bonchev–Trinajstić information content (AvgIpc) is 2.80. The van der Waals surface area contributed by atoms with E-state index in [1.807, 2.05) is 23.1 Å². The van der Waals surface area contributed by atoms with Crippen LogP contribution in [0.5, 0.6) is 0 Å². The quantitative estimate of drug-likeness (QED) is 0.656. The minimum atomic E-state index is -0.639. The van der Waals surface area contributed by atoms with Gasteiger partial charge in [0.15, 0.2) is 0 Å². The Morgan fingerprint density at radius 3 is 2.53 bits per heavy atom. The van der Waals surface area contributed by atoms with Gasteiger partial charge >= 0.3 is 0 Å². The van der Waals surface area contributed by atoms with Gasteiger partial charge in [0, 0.05) is 37.1 Å². The third-order valence-electron chi connectivity index (χ3n) is 5.80. The van der Waals surface area contributed by atoms with E-state index >= 15 is 0 Å². The molecule has 1 saturated heterocycles. The van der Waals surface area contributed by atoms with Crippen LogP contribution >= 0.6 is 0 Å². The zero-order chi connectivity index (χ0) is 20.9. The van der Waals surface area contributed by atoms with E-state index < -0.39 is 6.04 Å². The standard InChI is InChI=1S/C24H26N4O2/c1-18(28-23(29)10-9-22(26-28)21-8-5-13-25-17-21)24(30)27-14-11-20(12-15-27)16-19-6-3-2-4-7-19/h2-10,13,17-18,20H,11-12,14-16H2,1H3. The number of nitrogens with zero attached hydrogens (tertiary/aromatic N) is 4. The second-order valence-electron chi connectivity index (χ2n) is 7.88. The molecule has 6 nitrogen and oxygen atoms in total. The first-order valence-electron chi connectivity index (χ1n) is 10.4. The Morgan fingerprint density at radius 2 is 1.83 bits per heavy atom. The van der Waals surface area contributed by atoms with E-state index in [4.69, 9.17) is 0 Å². The molecule has 1 amide bonds. The van der Waals surface area contributed by atoms with E-state index in [1.165, 1.54) is 16.3 Å². The zero-order valence-corrected chi connectivity index (χ0v) is 17.1. The first kappa shape index (κ1) is 20.0. The number of piperidine rings is 1. The molecule has 4 rings (SSSR count). The Morgan fingerprint density at radius 1 is 1.07 bits per heavy atom. The zero-order valence-electron chi connectivity index (χ0n) is 17.1. The summed E-state index contributed by atoms with van der Waals surface area (Å²) in [6, 6.07) is 16.7. The van der Waals surface area contributed by atoms with Crippen LogP contribution in [0.25, 0.3) is 11.3 Å². The van der Waals surface area contributed by atoms with Gasteiger partial charge in [-0.15, -0.1) is 0 Å². The van der Waals surface area contributed by atoms with Gasteiger partial charge in [-0.25, -0.2) is 4.68 Å².